The monoisotopic (exact) mass is 326 g/mol. The highest BCUT2D eigenvalue weighted by atomic mass is 19.4. The average molecular weight is 326 g/mol. The van der Waals surface area contributed by atoms with Gasteiger partial charge < -0.3 is 14.8 Å². The first-order valence-corrected chi connectivity index (χ1v) is 6.50. The van der Waals surface area contributed by atoms with Crippen molar-refractivity contribution in [3.63, 3.8) is 0 Å². The summed E-state index contributed by atoms with van der Waals surface area (Å²) >= 11 is 0. The molecule has 0 saturated carbocycles. The summed E-state index contributed by atoms with van der Waals surface area (Å²) in [6.45, 7) is 0.250. The Bertz CT molecular complexity index is 672. The lowest BCUT2D eigenvalue weighted by Gasteiger charge is -2.11. The third-order valence-electron chi connectivity index (χ3n) is 2.79. The molecule has 0 bridgehead atoms. The third kappa shape index (κ3) is 5.17. The number of benzene rings is 1. The van der Waals surface area contributed by atoms with E-state index in [9.17, 15) is 18.0 Å². The molecular formula is C15H13F3N2O3. The molecule has 0 spiro atoms. The van der Waals surface area contributed by atoms with Crippen molar-refractivity contribution in [2.75, 3.05) is 12.4 Å². The highest BCUT2D eigenvalue weighted by Gasteiger charge is 2.31. The minimum atomic E-state index is -4.72. The zero-order valence-electron chi connectivity index (χ0n) is 12.1. The average Bonchev–Trinajstić information content (AvgIpc) is 2.51. The number of methoxy groups -OCH3 is 1. The zero-order chi connectivity index (χ0) is 16.9. The first-order chi connectivity index (χ1) is 10.9. The predicted octanol–water partition coefficient (Wildman–Crippen LogP) is 3.38. The molecule has 5 nitrogen and oxygen atoms in total. The SMILES string of the molecule is COC(=O)c1ccc(NCc2cccc(OC(F)(F)F)c2)nc1. The summed E-state index contributed by atoms with van der Waals surface area (Å²) in [5.41, 5.74) is 0.893. The molecule has 1 aromatic heterocycles. The van der Waals surface area contributed by atoms with E-state index < -0.39 is 12.3 Å². The highest BCUT2D eigenvalue weighted by Crippen LogP contribution is 2.23. The van der Waals surface area contributed by atoms with E-state index in [1.54, 1.807) is 12.1 Å². The van der Waals surface area contributed by atoms with Gasteiger partial charge in [-0.1, -0.05) is 12.1 Å². The van der Waals surface area contributed by atoms with E-state index in [-0.39, 0.29) is 12.3 Å². The number of ether oxygens (including phenoxy) is 2. The van der Waals surface area contributed by atoms with Gasteiger partial charge in [0.05, 0.1) is 12.7 Å². The van der Waals surface area contributed by atoms with Crippen LogP contribution < -0.4 is 10.1 Å². The summed E-state index contributed by atoms with van der Waals surface area (Å²) in [6.07, 6.45) is -3.38. The lowest BCUT2D eigenvalue weighted by molar-refractivity contribution is -0.274. The van der Waals surface area contributed by atoms with Crippen LogP contribution in [0.1, 0.15) is 15.9 Å². The summed E-state index contributed by atoms with van der Waals surface area (Å²) in [5.74, 6) is -0.313. The van der Waals surface area contributed by atoms with Crippen molar-refractivity contribution in [2.45, 2.75) is 12.9 Å². The predicted molar refractivity (Wildman–Crippen MR) is 76.0 cm³/mol. The molecule has 0 radical (unpaired) electrons. The number of anilines is 1. The van der Waals surface area contributed by atoms with Crippen molar-refractivity contribution < 1.29 is 27.4 Å². The van der Waals surface area contributed by atoms with Gasteiger partial charge in [0.25, 0.3) is 0 Å². The zero-order valence-corrected chi connectivity index (χ0v) is 12.1. The second-order valence-corrected chi connectivity index (χ2v) is 4.47. The van der Waals surface area contributed by atoms with E-state index in [2.05, 4.69) is 19.8 Å². The smallest absolute Gasteiger partial charge is 0.465 e. The second-order valence-electron chi connectivity index (χ2n) is 4.47. The maximum atomic E-state index is 12.2. The van der Waals surface area contributed by atoms with E-state index in [1.807, 2.05) is 0 Å². The number of carbonyl (C=O) groups is 1. The maximum absolute atomic E-state index is 12.2. The standard InChI is InChI=1S/C15H13F3N2O3/c1-22-14(21)11-5-6-13(20-9-11)19-8-10-3-2-4-12(7-10)23-15(16,17)18/h2-7,9H,8H2,1H3,(H,19,20). The van der Waals surface area contributed by atoms with Crippen molar-refractivity contribution in [1.29, 1.82) is 0 Å². The lowest BCUT2D eigenvalue weighted by Crippen LogP contribution is -2.17. The molecule has 0 aliphatic rings. The van der Waals surface area contributed by atoms with Crippen molar-refractivity contribution in [3.05, 3.63) is 53.7 Å². The van der Waals surface area contributed by atoms with Crippen molar-refractivity contribution in [3.8, 4) is 5.75 Å². The summed E-state index contributed by atoms with van der Waals surface area (Å²) in [5, 5.41) is 2.94. The Hall–Kier alpha value is -2.77. The third-order valence-corrected chi connectivity index (χ3v) is 2.79. The minimum Gasteiger partial charge on any atom is -0.465 e. The van der Waals surface area contributed by atoms with Gasteiger partial charge in [-0.3, -0.25) is 0 Å². The van der Waals surface area contributed by atoms with Crippen LogP contribution >= 0.6 is 0 Å². The van der Waals surface area contributed by atoms with Gasteiger partial charge in [-0.2, -0.15) is 0 Å². The van der Waals surface area contributed by atoms with E-state index in [4.69, 9.17) is 0 Å². The van der Waals surface area contributed by atoms with Crippen molar-refractivity contribution in [2.24, 2.45) is 0 Å². The molecule has 8 heteroatoms. The fourth-order valence-electron chi connectivity index (χ4n) is 1.78. The fourth-order valence-corrected chi connectivity index (χ4v) is 1.78. The molecule has 1 heterocycles. The molecule has 1 aromatic carbocycles. The van der Waals surface area contributed by atoms with Crippen LogP contribution in [0.2, 0.25) is 0 Å². The van der Waals surface area contributed by atoms with Crippen LogP contribution in [-0.4, -0.2) is 24.4 Å². The Labute approximate surface area is 130 Å². The number of halogens is 3. The molecule has 23 heavy (non-hydrogen) atoms. The Morgan fingerprint density at radius 2 is 2.04 bits per heavy atom. The topological polar surface area (TPSA) is 60.5 Å². The number of esters is 1. The number of hydrogen-bond acceptors (Lipinski definition) is 5. The maximum Gasteiger partial charge on any atom is 0.573 e. The first kappa shape index (κ1) is 16.6. The number of aromatic nitrogens is 1. The number of rotatable bonds is 5. The van der Waals surface area contributed by atoms with Crippen LogP contribution in [0.4, 0.5) is 19.0 Å². The van der Waals surface area contributed by atoms with Gasteiger partial charge in [0.15, 0.2) is 0 Å². The Morgan fingerprint density at radius 1 is 1.26 bits per heavy atom. The normalized spacial score (nSPS) is 11.0. The van der Waals surface area contributed by atoms with Crippen LogP contribution in [0.5, 0.6) is 5.75 Å². The number of carbonyl (C=O) groups excluding carboxylic acids is 1. The first-order valence-electron chi connectivity index (χ1n) is 6.50. The van der Waals surface area contributed by atoms with Gasteiger partial charge in [-0.05, 0) is 29.8 Å². The Balaban J connectivity index is 1.98. The molecule has 2 rings (SSSR count). The van der Waals surface area contributed by atoms with E-state index in [0.29, 0.717) is 16.9 Å². The summed E-state index contributed by atoms with van der Waals surface area (Å²) in [4.78, 5) is 15.3. The summed E-state index contributed by atoms with van der Waals surface area (Å²) in [6, 6.07) is 8.72. The van der Waals surface area contributed by atoms with Gasteiger partial charge in [-0.15, -0.1) is 13.2 Å². The van der Waals surface area contributed by atoms with Crippen LogP contribution in [0, 0.1) is 0 Å². The number of nitrogens with zero attached hydrogens (tertiary/aromatic N) is 1. The van der Waals surface area contributed by atoms with E-state index >= 15 is 0 Å². The molecule has 0 atom stereocenters. The van der Waals surface area contributed by atoms with Crippen LogP contribution in [0.25, 0.3) is 0 Å². The molecule has 0 saturated heterocycles. The second kappa shape index (κ2) is 6.99. The largest absolute Gasteiger partial charge is 0.573 e. The van der Waals surface area contributed by atoms with Gasteiger partial charge in [0, 0.05) is 12.7 Å². The molecular weight excluding hydrogens is 313 g/mol. The van der Waals surface area contributed by atoms with Gasteiger partial charge in [0.2, 0.25) is 0 Å². The van der Waals surface area contributed by atoms with Gasteiger partial charge in [-0.25, -0.2) is 9.78 Å². The quantitative estimate of drug-likeness (QED) is 0.854. The molecule has 0 aliphatic heterocycles. The molecule has 1 N–H and O–H groups in total. The molecule has 0 fully saturated rings. The number of hydrogen-bond donors (Lipinski definition) is 1. The molecule has 0 aliphatic carbocycles. The molecule has 122 valence electrons. The number of nitrogens with one attached hydrogen (secondary N) is 1. The number of alkyl halides is 3. The van der Waals surface area contributed by atoms with Crippen molar-refractivity contribution >= 4 is 11.8 Å². The van der Waals surface area contributed by atoms with Gasteiger partial charge in [0.1, 0.15) is 11.6 Å². The summed E-state index contributed by atoms with van der Waals surface area (Å²) in [7, 11) is 1.27. The van der Waals surface area contributed by atoms with Gasteiger partial charge >= 0.3 is 12.3 Å². The molecule has 0 unspecified atom stereocenters. The van der Waals surface area contributed by atoms with E-state index in [0.717, 1.165) is 0 Å². The summed E-state index contributed by atoms with van der Waals surface area (Å²) < 4.78 is 44.9. The Kier molecular flexibility index (Phi) is 5.05. The van der Waals surface area contributed by atoms with Crippen LogP contribution in [0.3, 0.4) is 0 Å². The highest BCUT2D eigenvalue weighted by molar-refractivity contribution is 5.89. The number of pyridine rings is 1. The van der Waals surface area contributed by atoms with Crippen LogP contribution in [-0.2, 0) is 11.3 Å². The molecule has 0 amide bonds. The lowest BCUT2D eigenvalue weighted by atomic mass is 10.2. The fraction of sp³-hybridized carbons (Fsp3) is 0.200. The Morgan fingerprint density at radius 3 is 2.65 bits per heavy atom. The van der Waals surface area contributed by atoms with Crippen molar-refractivity contribution in [1.82, 2.24) is 4.98 Å². The molecule has 2 aromatic rings. The minimum absolute atomic E-state index is 0.250. The van der Waals surface area contributed by atoms with E-state index in [1.165, 1.54) is 37.6 Å². The van der Waals surface area contributed by atoms with Crippen LogP contribution in [0.15, 0.2) is 42.6 Å².